The van der Waals surface area contributed by atoms with Gasteiger partial charge in [-0.05, 0) is 10.9 Å². The summed E-state index contributed by atoms with van der Waals surface area (Å²) in [6, 6.07) is 47.4. The molecule has 7 aromatic rings. The van der Waals surface area contributed by atoms with Crippen molar-refractivity contribution in [2.45, 2.75) is 13.8 Å². The summed E-state index contributed by atoms with van der Waals surface area (Å²) in [7, 11) is 0. The fourth-order valence-electron chi connectivity index (χ4n) is 4.75. The third-order valence-electron chi connectivity index (χ3n) is 6.29. The Bertz CT molecular complexity index is 1760. The summed E-state index contributed by atoms with van der Waals surface area (Å²) in [4.78, 5) is 0. The van der Waals surface area contributed by atoms with E-state index < -0.39 is 0 Å². The first kappa shape index (κ1) is 24.3. The van der Waals surface area contributed by atoms with Gasteiger partial charge in [0.15, 0.2) is 0 Å². The second-order valence-corrected chi connectivity index (χ2v) is 11.6. The van der Waals surface area contributed by atoms with Gasteiger partial charge in [-0.1, -0.05) is 101 Å². The summed E-state index contributed by atoms with van der Waals surface area (Å²) in [6.07, 6.45) is 0. The molecule has 7 rings (SSSR count). The molecule has 0 atom stereocenters. The van der Waals surface area contributed by atoms with Crippen molar-refractivity contribution in [2.24, 2.45) is 0 Å². The van der Waals surface area contributed by atoms with Crippen molar-refractivity contribution in [1.29, 1.82) is 0 Å². The SMILES string of the molecule is C[C](C)=[Zr+2].c1ccc(-c2cccc3[cH-]ccc23)cc1.c1ccc2c(c1)ccc1ccc3cc[cH-]c3c12. The Kier molecular flexibility index (Phi) is 7.50. The van der Waals surface area contributed by atoms with Crippen molar-refractivity contribution in [3.8, 4) is 11.1 Å². The minimum atomic E-state index is 1.29. The molecule has 0 saturated heterocycles. The molecule has 0 aliphatic carbocycles. The van der Waals surface area contributed by atoms with E-state index in [0.717, 1.165) is 0 Å². The zero-order valence-electron chi connectivity index (χ0n) is 20.7. The van der Waals surface area contributed by atoms with Crippen molar-refractivity contribution in [2.75, 3.05) is 0 Å². The van der Waals surface area contributed by atoms with Crippen LogP contribution in [0.2, 0.25) is 0 Å². The topological polar surface area (TPSA) is 0 Å². The van der Waals surface area contributed by atoms with Crippen LogP contribution in [0, 0.1) is 0 Å². The molecule has 0 unspecified atom stereocenters. The molecule has 0 radical (unpaired) electrons. The summed E-state index contributed by atoms with van der Waals surface area (Å²) in [5.41, 5.74) is 2.60. The molecular weight excluding hydrogens is 512 g/mol. The van der Waals surface area contributed by atoms with E-state index in [0.29, 0.717) is 0 Å². The first-order valence-corrected chi connectivity index (χ1v) is 13.5. The van der Waals surface area contributed by atoms with Gasteiger partial charge in [-0.25, -0.2) is 0 Å². The van der Waals surface area contributed by atoms with Gasteiger partial charge >= 0.3 is 41.3 Å². The molecule has 0 nitrogen and oxygen atoms in total. The molecule has 0 saturated carbocycles. The first-order chi connectivity index (χ1) is 17.6. The van der Waals surface area contributed by atoms with E-state index in [9.17, 15) is 0 Å². The summed E-state index contributed by atoms with van der Waals surface area (Å²) < 4.78 is 1.51. The minimum Gasteiger partial charge on any atom is -0.168 e. The smallest absolute Gasteiger partial charge is 0.0271 e. The monoisotopic (exact) mass is 538 g/mol. The van der Waals surface area contributed by atoms with E-state index in [2.05, 4.69) is 147 Å². The van der Waals surface area contributed by atoms with Crippen LogP contribution in [0.5, 0.6) is 0 Å². The largest absolute Gasteiger partial charge is 0.168 e. The Balaban J connectivity index is 0.000000130. The van der Waals surface area contributed by atoms with Crippen LogP contribution >= 0.6 is 0 Å². The Morgan fingerprint density at radius 3 is 2.03 bits per heavy atom. The number of fused-ring (bicyclic) bond motifs is 6. The normalized spacial score (nSPS) is 10.7. The van der Waals surface area contributed by atoms with Crippen LogP contribution in [-0.2, 0) is 24.2 Å². The van der Waals surface area contributed by atoms with Crippen LogP contribution in [0.15, 0.2) is 133 Å². The van der Waals surface area contributed by atoms with Gasteiger partial charge in [0.25, 0.3) is 0 Å². The average molecular weight is 540 g/mol. The van der Waals surface area contributed by atoms with Gasteiger partial charge < -0.3 is 0 Å². The molecule has 0 aromatic heterocycles. The average Bonchev–Trinajstić information content (AvgIpc) is 3.58. The van der Waals surface area contributed by atoms with Crippen molar-refractivity contribution in [1.82, 2.24) is 0 Å². The van der Waals surface area contributed by atoms with Crippen LogP contribution in [0.4, 0.5) is 0 Å². The van der Waals surface area contributed by atoms with Crippen molar-refractivity contribution < 1.29 is 24.2 Å². The second kappa shape index (κ2) is 11.1. The molecular formula is C35H28Zr. The predicted octanol–water partition coefficient (Wildman–Crippen LogP) is 9.84. The molecule has 36 heavy (non-hydrogen) atoms. The fourth-order valence-corrected chi connectivity index (χ4v) is 4.75. The number of hydrogen-bond donors (Lipinski definition) is 0. The first-order valence-electron chi connectivity index (χ1n) is 12.3. The molecule has 0 spiro atoms. The minimum absolute atomic E-state index is 1.29. The summed E-state index contributed by atoms with van der Waals surface area (Å²) in [6.45, 7) is 4.25. The quantitative estimate of drug-likeness (QED) is 0.144. The Hall–Kier alpha value is -3.41. The van der Waals surface area contributed by atoms with E-state index in [4.69, 9.17) is 0 Å². The van der Waals surface area contributed by atoms with Gasteiger partial charge in [-0.15, -0.1) is 51.9 Å². The number of benzene rings is 5. The fraction of sp³-hybridized carbons (Fsp3) is 0.0571. The van der Waals surface area contributed by atoms with Crippen molar-refractivity contribution in [3.05, 3.63) is 133 Å². The molecule has 1 heteroatoms. The van der Waals surface area contributed by atoms with Crippen LogP contribution in [0.3, 0.4) is 0 Å². The van der Waals surface area contributed by atoms with E-state index in [1.807, 2.05) is 0 Å². The molecule has 0 fully saturated rings. The molecule has 0 bridgehead atoms. The molecule has 7 aromatic carbocycles. The van der Waals surface area contributed by atoms with Crippen LogP contribution in [0.25, 0.3) is 54.2 Å². The zero-order valence-corrected chi connectivity index (χ0v) is 23.2. The summed E-state index contributed by atoms with van der Waals surface area (Å²) in [5, 5.41) is 10.7. The van der Waals surface area contributed by atoms with Crippen LogP contribution in [-0.4, -0.2) is 3.21 Å². The maximum Gasteiger partial charge on any atom is -0.0271 e. The maximum absolute atomic E-state index is 2.21. The van der Waals surface area contributed by atoms with E-state index >= 15 is 0 Å². The van der Waals surface area contributed by atoms with Crippen LogP contribution in [0.1, 0.15) is 13.8 Å². The van der Waals surface area contributed by atoms with Gasteiger partial charge in [0.05, 0.1) is 0 Å². The van der Waals surface area contributed by atoms with Crippen molar-refractivity contribution >= 4 is 46.3 Å². The van der Waals surface area contributed by atoms with Gasteiger partial charge in [0.2, 0.25) is 0 Å². The molecule has 172 valence electrons. The molecule has 0 N–H and O–H groups in total. The molecule has 0 aliphatic heterocycles. The molecule has 0 aliphatic rings. The third kappa shape index (κ3) is 5.23. The Labute approximate surface area is 227 Å². The van der Waals surface area contributed by atoms with Gasteiger partial charge in [0, 0.05) is 0 Å². The third-order valence-corrected chi connectivity index (χ3v) is 6.29. The van der Waals surface area contributed by atoms with E-state index in [-0.39, 0.29) is 0 Å². The Morgan fingerprint density at radius 1 is 0.556 bits per heavy atom. The molecule has 0 amide bonds. The summed E-state index contributed by atoms with van der Waals surface area (Å²) >= 11 is 1.55. The van der Waals surface area contributed by atoms with Gasteiger partial charge in [0.1, 0.15) is 0 Å². The van der Waals surface area contributed by atoms with Gasteiger partial charge in [-0.2, -0.15) is 24.3 Å². The van der Waals surface area contributed by atoms with E-state index in [1.165, 1.54) is 57.4 Å². The second-order valence-electron chi connectivity index (χ2n) is 9.18. The zero-order chi connectivity index (χ0) is 24.9. The number of hydrogen-bond acceptors (Lipinski definition) is 0. The maximum atomic E-state index is 2.21. The number of rotatable bonds is 1. The van der Waals surface area contributed by atoms with Gasteiger partial charge in [-0.3, -0.25) is 0 Å². The predicted molar refractivity (Wildman–Crippen MR) is 156 cm³/mol. The van der Waals surface area contributed by atoms with E-state index in [1.54, 1.807) is 24.2 Å². The van der Waals surface area contributed by atoms with Crippen molar-refractivity contribution in [3.63, 3.8) is 0 Å². The van der Waals surface area contributed by atoms with Crippen LogP contribution < -0.4 is 0 Å². The Morgan fingerprint density at radius 2 is 1.22 bits per heavy atom. The molecule has 0 heterocycles. The standard InChI is InChI=1S/C17H11.C15H11.C3H6.Zr/c1-2-6-15-12(4-1)8-10-14-11-9-13-5-3-7-16(13)17(14)15;1-2-6-12(7-3-1)14-10-4-8-13-9-5-11-15(13)14;1-3-2;/h1-11H;1-11H;1-2H3;/q2*-1;;+2. The summed E-state index contributed by atoms with van der Waals surface area (Å²) in [5.74, 6) is 0.